The summed E-state index contributed by atoms with van der Waals surface area (Å²) in [5.74, 6) is -1.06. The van der Waals surface area contributed by atoms with Gasteiger partial charge in [-0.15, -0.1) is 11.3 Å². The summed E-state index contributed by atoms with van der Waals surface area (Å²) < 4.78 is 38.9. The first kappa shape index (κ1) is 20.0. The maximum atomic E-state index is 13.0. The van der Waals surface area contributed by atoms with Crippen LogP contribution in [0.15, 0.2) is 58.6 Å². The van der Waals surface area contributed by atoms with Gasteiger partial charge in [0.2, 0.25) is 0 Å². The monoisotopic (exact) mass is 469 g/mol. The number of aromatic nitrogens is 1. The fourth-order valence-electron chi connectivity index (χ4n) is 2.29. The van der Waals surface area contributed by atoms with E-state index in [2.05, 4.69) is 31.5 Å². The van der Waals surface area contributed by atoms with E-state index in [-0.39, 0.29) is 20.7 Å². The number of carbonyl (C=O) groups excluding carboxylic acids is 2. The van der Waals surface area contributed by atoms with Gasteiger partial charge < -0.3 is 10.6 Å². The molecule has 0 unspecified atom stereocenters. The van der Waals surface area contributed by atoms with Crippen molar-refractivity contribution >= 4 is 50.5 Å². The van der Waals surface area contributed by atoms with E-state index in [1.165, 1.54) is 36.7 Å². The summed E-state index contributed by atoms with van der Waals surface area (Å²) in [5.41, 5.74) is -0.296. The number of hydrogen-bond donors (Lipinski definition) is 2. The summed E-state index contributed by atoms with van der Waals surface area (Å²) in [7, 11) is 0. The number of carbonyl (C=O) groups is 2. The van der Waals surface area contributed by atoms with E-state index in [1.54, 1.807) is 11.4 Å². The number of rotatable bonds is 4. The number of halogens is 4. The molecule has 0 radical (unpaired) electrons. The predicted molar refractivity (Wildman–Crippen MR) is 104 cm³/mol. The largest absolute Gasteiger partial charge is 0.417 e. The van der Waals surface area contributed by atoms with Crippen molar-refractivity contribution < 1.29 is 22.8 Å². The van der Waals surface area contributed by atoms with Crippen molar-refractivity contribution in [3.8, 4) is 0 Å². The second kappa shape index (κ2) is 8.11. The van der Waals surface area contributed by atoms with Crippen molar-refractivity contribution in [2.45, 2.75) is 6.18 Å². The van der Waals surface area contributed by atoms with Gasteiger partial charge in [-0.05, 0) is 41.8 Å². The van der Waals surface area contributed by atoms with Gasteiger partial charge in [-0.3, -0.25) is 14.6 Å². The highest BCUT2D eigenvalue weighted by molar-refractivity contribution is 9.10. The number of amides is 2. The molecule has 3 aromatic rings. The minimum atomic E-state index is -4.56. The SMILES string of the molecule is O=C(Nc1ccsc1C(=O)Nc1ccc(Br)c(C(F)(F)F)c1)c1ccncc1. The fraction of sp³-hybridized carbons (Fsp3) is 0.0556. The van der Waals surface area contributed by atoms with Crippen LogP contribution >= 0.6 is 27.3 Å². The Balaban J connectivity index is 1.78. The lowest BCUT2D eigenvalue weighted by atomic mass is 10.2. The third kappa shape index (κ3) is 4.57. The molecule has 28 heavy (non-hydrogen) atoms. The van der Waals surface area contributed by atoms with Gasteiger partial charge in [0.1, 0.15) is 4.88 Å². The highest BCUT2D eigenvalue weighted by atomic mass is 79.9. The molecule has 0 aliphatic carbocycles. The van der Waals surface area contributed by atoms with Gasteiger partial charge in [-0.1, -0.05) is 15.9 Å². The van der Waals surface area contributed by atoms with Crippen molar-refractivity contribution in [3.05, 3.63) is 74.6 Å². The van der Waals surface area contributed by atoms with Crippen molar-refractivity contribution in [2.24, 2.45) is 0 Å². The molecule has 3 rings (SSSR count). The van der Waals surface area contributed by atoms with Gasteiger partial charge >= 0.3 is 6.18 Å². The van der Waals surface area contributed by atoms with Crippen LogP contribution in [0.3, 0.4) is 0 Å². The molecular formula is C18H11BrF3N3O2S. The molecule has 0 atom stereocenters. The minimum absolute atomic E-state index is 0.0136. The number of alkyl halides is 3. The standard InChI is InChI=1S/C18H11BrF3N3O2S/c19-13-2-1-11(9-12(13)18(20,21)22)24-17(27)15-14(5-8-28-15)25-16(26)10-3-6-23-7-4-10/h1-9H,(H,24,27)(H,25,26). The molecule has 0 aliphatic heterocycles. The number of nitrogens with one attached hydrogen (secondary N) is 2. The Morgan fingerprint density at radius 3 is 2.39 bits per heavy atom. The zero-order valence-corrected chi connectivity index (χ0v) is 16.3. The summed E-state index contributed by atoms with van der Waals surface area (Å²) in [6.45, 7) is 0. The number of nitrogens with zero attached hydrogens (tertiary/aromatic N) is 1. The molecule has 144 valence electrons. The third-order valence-corrected chi connectivity index (χ3v) is 5.20. The fourth-order valence-corrected chi connectivity index (χ4v) is 3.51. The number of anilines is 2. The highest BCUT2D eigenvalue weighted by Gasteiger charge is 2.33. The quantitative estimate of drug-likeness (QED) is 0.535. The minimum Gasteiger partial charge on any atom is -0.321 e. The Bertz CT molecular complexity index is 1020. The van der Waals surface area contributed by atoms with E-state index in [0.29, 0.717) is 5.56 Å². The van der Waals surface area contributed by atoms with Crippen LogP contribution < -0.4 is 10.6 Å². The molecule has 0 spiro atoms. The lowest BCUT2D eigenvalue weighted by Crippen LogP contribution is -2.17. The predicted octanol–water partition coefficient (Wildman–Crippen LogP) is 5.43. The van der Waals surface area contributed by atoms with E-state index < -0.39 is 23.6 Å². The van der Waals surface area contributed by atoms with Crippen LogP contribution in [0.4, 0.5) is 24.5 Å². The number of benzene rings is 1. The van der Waals surface area contributed by atoms with E-state index in [0.717, 1.165) is 17.4 Å². The molecular weight excluding hydrogens is 459 g/mol. The van der Waals surface area contributed by atoms with Crippen LogP contribution in [0.2, 0.25) is 0 Å². The molecule has 2 aromatic heterocycles. The summed E-state index contributed by atoms with van der Waals surface area (Å²) in [6, 6.07) is 7.97. The number of hydrogen-bond acceptors (Lipinski definition) is 4. The Kier molecular flexibility index (Phi) is 5.80. The smallest absolute Gasteiger partial charge is 0.321 e. The molecule has 0 bridgehead atoms. The van der Waals surface area contributed by atoms with Gasteiger partial charge in [0.05, 0.1) is 11.3 Å². The van der Waals surface area contributed by atoms with Crippen LogP contribution in [-0.4, -0.2) is 16.8 Å². The van der Waals surface area contributed by atoms with E-state index in [9.17, 15) is 22.8 Å². The van der Waals surface area contributed by atoms with Crippen molar-refractivity contribution in [1.82, 2.24) is 4.98 Å². The molecule has 0 aliphatic rings. The Hall–Kier alpha value is -2.72. The maximum Gasteiger partial charge on any atom is 0.417 e. The van der Waals surface area contributed by atoms with Crippen LogP contribution in [-0.2, 0) is 6.18 Å². The van der Waals surface area contributed by atoms with E-state index in [4.69, 9.17) is 0 Å². The first-order valence-electron chi connectivity index (χ1n) is 7.72. The molecule has 2 amide bonds. The number of thiophene rings is 1. The Labute approximate surface area is 169 Å². The first-order valence-corrected chi connectivity index (χ1v) is 9.40. The zero-order chi connectivity index (χ0) is 20.3. The highest BCUT2D eigenvalue weighted by Crippen LogP contribution is 2.36. The molecule has 2 N–H and O–H groups in total. The molecule has 5 nitrogen and oxygen atoms in total. The van der Waals surface area contributed by atoms with E-state index in [1.807, 2.05) is 0 Å². The number of pyridine rings is 1. The van der Waals surface area contributed by atoms with Crippen molar-refractivity contribution in [3.63, 3.8) is 0 Å². The Morgan fingerprint density at radius 2 is 1.71 bits per heavy atom. The third-order valence-electron chi connectivity index (χ3n) is 3.59. The average Bonchev–Trinajstić information content (AvgIpc) is 3.11. The summed E-state index contributed by atoms with van der Waals surface area (Å²) >= 11 is 3.91. The second-order valence-electron chi connectivity index (χ2n) is 5.50. The molecule has 0 saturated heterocycles. The first-order chi connectivity index (χ1) is 13.3. The summed E-state index contributed by atoms with van der Waals surface area (Å²) in [4.78, 5) is 28.7. The molecule has 0 saturated carbocycles. The van der Waals surface area contributed by atoms with Gasteiger partial charge in [0.25, 0.3) is 11.8 Å². The maximum absolute atomic E-state index is 13.0. The summed E-state index contributed by atoms with van der Waals surface area (Å²) in [6.07, 6.45) is -1.64. The van der Waals surface area contributed by atoms with Gasteiger partial charge in [-0.2, -0.15) is 13.2 Å². The van der Waals surface area contributed by atoms with Crippen molar-refractivity contribution in [1.29, 1.82) is 0 Å². The molecule has 1 aromatic carbocycles. The van der Waals surface area contributed by atoms with Gasteiger partial charge in [0.15, 0.2) is 0 Å². The average molecular weight is 470 g/mol. The topological polar surface area (TPSA) is 71.1 Å². The van der Waals surface area contributed by atoms with Crippen LogP contribution in [0.1, 0.15) is 25.6 Å². The van der Waals surface area contributed by atoms with Crippen molar-refractivity contribution in [2.75, 3.05) is 10.6 Å². The molecule has 10 heteroatoms. The van der Waals surface area contributed by atoms with Crippen LogP contribution in [0, 0.1) is 0 Å². The zero-order valence-electron chi connectivity index (χ0n) is 13.9. The normalized spacial score (nSPS) is 11.1. The van der Waals surface area contributed by atoms with Crippen LogP contribution in [0.25, 0.3) is 0 Å². The molecule has 0 fully saturated rings. The lowest BCUT2D eigenvalue weighted by molar-refractivity contribution is -0.138. The second-order valence-corrected chi connectivity index (χ2v) is 7.27. The van der Waals surface area contributed by atoms with Gasteiger partial charge in [0, 0.05) is 28.1 Å². The van der Waals surface area contributed by atoms with Crippen LogP contribution in [0.5, 0.6) is 0 Å². The lowest BCUT2D eigenvalue weighted by Gasteiger charge is -2.12. The molecule has 2 heterocycles. The van der Waals surface area contributed by atoms with E-state index >= 15 is 0 Å². The summed E-state index contributed by atoms with van der Waals surface area (Å²) in [5, 5.41) is 6.64. The van der Waals surface area contributed by atoms with Gasteiger partial charge in [-0.25, -0.2) is 0 Å². The Morgan fingerprint density at radius 1 is 1.00 bits per heavy atom.